The van der Waals surface area contributed by atoms with Crippen molar-refractivity contribution in [1.82, 2.24) is 4.98 Å². The smallest absolute Gasteiger partial charge is 0.232 e. The first-order valence-electron chi connectivity index (χ1n) is 11.5. The number of thioether (sulfide) groups is 1. The van der Waals surface area contributed by atoms with Crippen LogP contribution in [0, 0.1) is 11.3 Å². The second kappa shape index (κ2) is 10.0. The lowest BCUT2D eigenvalue weighted by atomic mass is 9.96. The third kappa shape index (κ3) is 4.66. The molecule has 0 bridgehead atoms. The van der Waals surface area contributed by atoms with Crippen LogP contribution in [-0.2, 0) is 17.6 Å². The molecular formula is C27H25N3OS2. The number of aryl methyl sites for hydroxylation is 2. The van der Waals surface area contributed by atoms with E-state index in [1.165, 1.54) is 30.2 Å². The predicted molar refractivity (Wildman–Crippen MR) is 134 cm³/mol. The lowest BCUT2D eigenvalue weighted by molar-refractivity contribution is -0.117. The largest absolute Gasteiger partial charge is 0.279 e. The number of nitrogens with zero attached hydrogens (tertiary/aromatic N) is 3. The number of aromatic nitrogens is 1. The van der Waals surface area contributed by atoms with E-state index in [1.807, 2.05) is 47.4 Å². The van der Waals surface area contributed by atoms with Gasteiger partial charge in [-0.2, -0.15) is 5.26 Å². The van der Waals surface area contributed by atoms with Crippen LogP contribution in [0.4, 0.5) is 11.4 Å². The second-order valence-corrected chi connectivity index (χ2v) is 10.5. The Kier molecular flexibility index (Phi) is 6.70. The molecule has 4 nitrogen and oxygen atoms in total. The summed E-state index contributed by atoms with van der Waals surface area (Å²) in [5.74, 6) is 0.653. The molecule has 0 fully saturated rings. The molecule has 0 N–H and O–H groups in total. The average Bonchev–Trinajstić information content (AvgIpc) is 2.83. The van der Waals surface area contributed by atoms with Gasteiger partial charge in [0, 0.05) is 27.7 Å². The van der Waals surface area contributed by atoms with Crippen LogP contribution in [0.5, 0.6) is 0 Å². The van der Waals surface area contributed by atoms with E-state index < -0.39 is 0 Å². The summed E-state index contributed by atoms with van der Waals surface area (Å²) in [6, 6.07) is 20.5. The molecule has 3 aromatic rings. The minimum absolute atomic E-state index is 0.0625. The summed E-state index contributed by atoms with van der Waals surface area (Å²) in [5.41, 5.74) is 4.88. The van der Waals surface area contributed by atoms with E-state index >= 15 is 0 Å². The van der Waals surface area contributed by atoms with Gasteiger partial charge >= 0.3 is 0 Å². The standard InChI is InChI=1S/C27H25N3OS2/c28-18-20-17-19-9-3-1-2-4-10-21(19)29-27(20)32-16-15-26(31)30-22-11-5-7-13-24(22)33-25-14-8-6-12-23(25)30/h5-8,11-14,17H,1-4,9-10,15-16H2. The van der Waals surface area contributed by atoms with Gasteiger partial charge < -0.3 is 0 Å². The van der Waals surface area contributed by atoms with Gasteiger partial charge in [0.15, 0.2) is 0 Å². The SMILES string of the molecule is N#Cc1cc2c(nc1SCCC(=O)N1c3ccccc3Sc3ccccc31)CCCCCC2. The maximum Gasteiger partial charge on any atom is 0.232 e. The van der Waals surface area contributed by atoms with Crippen molar-refractivity contribution in [2.24, 2.45) is 0 Å². The van der Waals surface area contributed by atoms with Gasteiger partial charge in [-0.05, 0) is 61.6 Å². The summed E-state index contributed by atoms with van der Waals surface area (Å²) in [7, 11) is 0. The third-order valence-electron chi connectivity index (χ3n) is 6.12. The van der Waals surface area contributed by atoms with Crippen LogP contribution < -0.4 is 4.90 Å². The predicted octanol–water partition coefficient (Wildman–Crippen LogP) is 6.92. The Balaban J connectivity index is 1.34. The Morgan fingerprint density at radius 2 is 1.67 bits per heavy atom. The van der Waals surface area contributed by atoms with Crippen molar-refractivity contribution in [3.8, 4) is 6.07 Å². The number of hydrogen-bond acceptors (Lipinski definition) is 5. The fourth-order valence-corrected chi connectivity index (χ4v) is 6.44. The number of carbonyl (C=O) groups is 1. The molecule has 1 aliphatic carbocycles. The molecule has 0 saturated heterocycles. The van der Waals surface area contributed by atoms with E-state index in [-0.39, 0.29) is 5.91 Å². The number of pyridine rings is 1. The van der Waals surface area contributed by atoms with Crippen molar-refractivity contribution in [3.63, 3.8) is 0 Å². The maximum absolute atomic E-state index is 13.4. The normalized spacial score (nSPS) is 14.8. The highest BCUT2D eigenvalue weighted by Gasteiger charge is 2.27. The van der Waals surface area contributed by atoms with Gasteiger partial charge in [-0.3, -0.25) is 9.69 Å². The van der Waals surface area contributed by atoms with Crippen LogP contribution in [0.2, 0.25) is 0 Å². The molecular weight excluding hydrogens is 446 g/mol. The van der Waals surface area contributed by atoms with Crippen LogP contribution in [0.15, 0.2) is 69.4 Å². The van der Waals surface area contributed by atoms with Gasteiger partial charge in [0.25, 0.3) is 0 Å². The summed E-state index contributed by atoms with van der Waals surface area (Å²) in [5, 5.41) is 10.5. The van der Waals surface area contributed by atoms with Crippen molar-refractivity contribution >= 4 is 40.8 Å². The molecule has 6 heteroatoms. The molecule has 5 rings (SSSR count). The van der Waals surface area contributed by atoms with E-state index in [4.69, 9.17) is 4.98 Å². The summed E-state index contributed by atoms with van der Waals surface area (Å²) in [6.07, 6.45) is 7.18. The zero-order valence-electron chi connectivity index (χ0n) is 18.4. The minimum atomic E-state index is 0.0625. The van der Waals surface area contributed by atoms with Gasteiger partial charge in [-0.25, -0.2) is 4.98 Å². The molecule has 2 aromatic carbocycles. The molecule has 33 heavy (non-hydrogen) atoms. The van der Waals surface area contributed by atoms with Crippen molar-refractivity contribution in [2.75, 3.05) is 10.7 Å². The van der Waals surface area contributed by atoms with E-state index in [0.29, 0.717) is 17.7 Å². The van der Waals surface area contributed by atoms with Crippen LogP contribution in [0.3, 0.4) is 0 Å². The number of rotatable bonds is 4. The van der Waals surface area contributed by atoms with Crippen molar-refractivity contribution in [1.29, 1.82) is 5.26 Å². The van der Waals surface area contributed by atoms with Crippen molar-refractivity contribution in [3.05, 3.63) is 71.4 Å². The number of amides is 1. The minimum Gasteiger partial charge on any atom is -0.279 e. The van der Waals surface area contributed by atoms with Gasteiger partial charge in [0.05, 0.1) is 16.9 Å². The molecule has 0 atom stereocenters. The molecule has 1 aliphatic heterocycles. The Morgan fingerprint density at radius 1 is 1.00 bits per heavy atom. The van der Waals surface area contributed by atoms with Gasteiger partial charge in [-0.1, -0.05) is 48.9 Å². The number of fused-ring (bicyclic) bond motifs is 3. The fraction of sp³-hybridized carbons (Fsp3) is 0.296. The lowest BCUT2D eigenvalue weighted by Gasteiger charge is -2.31. The Hall–Kier alpha value is -2.75. The first-order chi connectivity index (χ1) is 16.2. The van der Waals surface area contributed by atoms with Crippen molar-refractivity contribution < 1.29 is 4.79 Å². The van der Waals surface area contributed by atoms with E-state index in [1.54, 1.807) is 11.8 Å². The second-order valence-electron chi connectivity index (χ2n) is 8.34. The summed E-state index contributed by atoms with van der Waals surface area (Å²) >= 11 is 3.23. The van der Waals surface area contributed by atoms with Crippen LogP contribution in [-0.4, -0.2) is 16.6 Å². The van der Waals surface area contributed by atoms with Crippen LogP contribution in [0.25, 0.3) is 0 Å². The summed E-state index contributed by atoms with van der Waals surface area (Å²) < 4.78 is 0. The number of anilines is 2. The zero-order chi connectivity index (χ0) is 22.6. The molecule has 0 radical (unpaired) electrons. The van der Waals surface area contributed by atoms with Gasteiger partial charge in [-0.15, -0.1) is 11.8 Å². The zero-order valence-corrected chi connectivity index (χ0v) is 20.1. The van der Waals surface area contributed by atoms with E-state index in [9.17, 15) is 10.1 Å². The van der Waals surface area contributed by atoms with Crippen LogP contribution >= 0.6 is 23.5 Å². The molecule has 1 amide bonds. The van der Waals surface area contributed by atoms with Gasteiger partial charge in [0.2, 0.25) is 5.91 Å². The highest BCUT2D eigenvalue weighted by atomic mass is 32.2. The molecule has 0 spiro atoms. The number of nitriles is 1. The monoisotopic (exact) mass is 471 g/mol. The number of carbonyl (C=O) groups excluding carboxylic acids is 1. The molecule has 166 valence electrons. The highest BCUT2D eigenvalue weighted by Crippen LogP contribution is 2.48. The first-order valence-corrected chi connectivity index (χ1v) is 13.3. The van der Waals surface area contributed by atoms with Gasteiger partial charge in [0.1, 0.15) is 11.1 Å². The molecule has 2 aliphatic rings. The fourth-order valence-electron chi connectivity index (χ4n) is 4.48. The molecule has 0 unspecified atom stereocenters. The average molecular weight is 472 g/mol. The Morgan fingerprint density at radius 3 is 2.36 bits per heavy atom. The Bertz CT molecular complexity index is 1190. The first kappa shape index (κ1) is 22.1. The lowest BCUT2D eigenvalue weighted by Crippen LogP contribution is -2.28. The number of benzene rings is 2. The summed E-state index contributed by atoms with van der Waals surface area (Å²) in [4.78, 5) is 22.3. The summed E-state index contributed by atoms with van der Waals surface area (Å²) in [6.45, 7) is 0. The molecule has 1 aromatic heterocycles. The Labute approximate surface area is 203 Å². The highest BCUT2D eigenvalue weighted by molar-refractivity contribution is 7.99. The van der Waals surface area contributed by atoms with E-state index in [2.05, 4.69) is 18.2 Å². The van der Waals surface area contributed by atoms with Crippen LogP contribution in [0.1, 0.15) is 48.9 Å². The third-order valence-corrected chi connectivity index (χ3v) is 8.25. The maximum atomic E-state index is 13.4. The topological polar surface area (TPSA) is 57.0 Å². The van der Waals surface area contributed by atoms with E-state index in [0.717, 1.165) is 57.6 Å². The molecule has 2 heterocycles. The number of para-hydroxylation sites is 2. The quantitative estimate of drug-likeness (QED) is 0.386. The van der Waals surface area contributed by atoms with Crippen molar-refractivity contribution in [2.45, 2.75) is 59.8 Å². The number of hydrogen-bond donors (Lipinski definition) is 0. The molecule has 0 saturated carbocycles.